The second-order valence-corrected chi connectivity index (χ2v) is 9.67. The minimum Gasteiger partial charge on any atom is -0.331 e. The Bertz CT molecular complexity index is 1060. The monoisotopic (exact) mass is 492 g/mol. The Kier molecular flexibility index (Phi) is 7.23. The van der Waals surface area contributed by atoms with E-state index in [1.807, 2.05) is 0 Å². The third-order valence-electron chi connectivity index (χ3n) is 4.54. The van der Waals surface area contributed by atoms with E-state index in [1.54, 1.807) is 36.4 Å². The van der Waals surface area contributed by atoms with Gasteiger partial charge in [-0.15, -0.1) is 6.58 Å². The van der Waals surface area contributed by atoms with E-state index in [2.05, 4.69) is 27.2 Å². The fraction of sp³-hybridized carbons (Fsp3) is 0.227. The molecule has 1 aliphatic carbocycles. The summed E-state index contributed by atoms with van der Waals surface area (Å²) in [6, 6.07) is 10.9. The lowest BCUT2D eigenvalue weighted by Gasteiger charge is -2.20. The van der Waals surface area contributed by atoms with Crippen molar-refractivity contribution in [3.63, 3.8) is 0 Å². The highest BCUT2D eigenvalue weighted by Crippen LogP contribution is 2.22. The second kappa shape index (κ2) is 9.68. The van der Waals surface area contributed by atoms with Gasteiger partial charge in [-0.05, 0) is 54.8 Å². The number of carbonyl (C=O) groups excluding carboxylic acids is 1. The molecule has 30 heavy (non-hydrogen) atoms. The van der Waals surface area contributed by atoms with Crippen molar-refractivity contribution in [3.8, 4) is 0 Å². The first kappa shape index (κ1) is 22.4. The molecule has 1 amide bonds. The molecular formula is C22H22BrFN2O3S. The molecule has 0 bridgehead atoms. The highest BCUT2D eigenvalue weighted by atomic mass is 79.9. The quantitative estimate of drug-likeness (QED) is 0.420. The molecule has 8 heteroatoms. The van der Waals surface area contributed by atoms with Gasteiger partial charge in [-0.2, -0.15) is 0 Å². The molecule has 2 aromatic carbocycles. The van der Waals surface area contributed by atoms with E-state index >= 15 is 0 Å². The number of nitrogens with zero attached hydrogens (tertiary/aromatic N) is 1. The van der Waals surface area contributed by atoms with Crippen molar-refractivity contribution in [2.24, 2.45) is 0 Å². The van der Waals surface area contributed by atoms with E-state index in [-0.39, 0.29) is 35.8 Å². The smallest absolute Gasteiger partial charge is 0.247 e. The zero-order valence-electron chi connectivity index (χ0n) is 16.2. The lowest BCUT2D eigenvalue weighted by molar-refractivity contribution is -0.126. The van der Waals surface area contributed by atoms with Crippen LogP contribution in [0.3, 0.4) is 0 Å². The van der Waals surface area contributed by atoms with Crippen LogP contribution in [0.4, 0.5) is 4.39 Å². The minimum absolute atomic E-state index is 0.0399. The van der Waals surface area contributed by atoms with Crippen LogP contribution in [-0.4, -0.2) is 31.8 Å². The van der Waals surface area contributed by atoms with E-state index < -0.39 is 10.0 Å². The number of hydrogen-bond acceptors (Lipinski definition) is 3. The third-order valence-corrected chi connectivity index (χ3v) is 6.57. The van der Waals surface area contributed by atoms with Crippen molar-refractivity contribution < 1.29 is 17.6 Å². The van der Waals surface area contributed by atoms with Crippen LogP contribution in [0.1, 0.15) is 24.0 Å². The minimum atomic E-state index is -3.51. The molecule has 0 aliphatic heterocycles. The summed E-state index contributed by atoms with van der Waals surface area (Å²) < 4.78 is 41.8. The highest BCUT2D eigenvalue weighted by Gasteiger charge is 2.27. The SMILES string of the molecule is C=CCN(Cc1cc(Br)ccc1F)C(=O)/C=C/c1ccc(S(=O)(=O)NC2CC2)cc1. The highest BCUT2D eigenvalue weighted by molar-refractivity contribution is 9.10. The molecule has 0 unspecified atom stereocenters. The largest absolute Gasteiger partial charge is 0.331 e. The maximum absolute atomic E-state index is 14.0. The van der Waals surface area contributed by atoms with Crippen LogP contribution in [0.2, 0.25) is 0 Å². The van der Waals surface area contributed by atoms with Crippen LogP contribution in [0, 0.1) is 5.82 Å². The maximum Gasteiger partial charge on any atom is 0.247 e. The zero-order chi connectivity index (χ0) is 21.7. The van der Waals surface area contributed by atoms with Crippen LogP contribution in [0.25, 0.3) is 6.08 Å². The van der Waals surface area contributed by atoms with Crippen molar-refractivity contribution in [2.75, 3.05) is 6.54 Å². The average Bonchev–Trinajstić information content (AvgIpc) is 3.52. The summed E-state index contributed by atoms with van der Waals surface area (Å²) in [5.74, 6) is -0.693. The molecule has 1 saturated carbocycles. The van der Waals surface area contributed by atoms with E-state index in [0.29, 0.717) is 11.1 Å². The van der Waals surface area contributed by atoms with Gasteiger partial charge in [0, 0.05) is 35.2 Å². The molecule has 1 N–H and O–H groups in total. The predicted molar refractivity (Wildman–Crippen MR) is 119 cm³/mol. The first-order chi connectivity index (χ1) is 14.3. The standard InChI is InChI=1S/C22H22BrFN2O3S/c1-2-13-26(15-17-14-18(23)6-11-21(17)24)22(27)12-5-16-3-9-20(10-4-16)30(28,29)25-19-7-8-19/h2-6,9-12,14,19,25H,1,7-8,13,15H2/b12-5+. The number of sulfonamides is 1. The van der Waals surface area contributed by atoms with Gasteiger partial charge >= 0.3 is 0 Å². The second-order valence-electron chi connectivity index (χ2n) is 7.04. The fourth-order valence-electron chi connectivity index (χ4n) is 2.78. The van der Waals surface area contributed by atoms with E-state index in [4.69, 9.17) is 0 Å². The Morgan fingerprint density at radius 1 is 1.23 bits per heavy atom. The van der Waals surface area contributed by atoms with Crippen molar-refractivity contribution in [2.45, 2.75) is 30.3 Å². The summed E-state index contributed by atoms with van der Waals surface area (Å²) in [6.45, 7) is 4.02. The molecule has 5 nitrogen and oxygen atoms in total. The van der Waals surface area contributed by atoms with Crippen LogP contribution in [0.5, 0.6) is 0 Å². The summed E-state index contributed by atoms with van der Waals surface area (Å²) in [5, 5.41) is 0. The van der Waals surface area contributed by atoms with Gasteiger partial charge in [0.2, 0.25) is 15.9 Å². The summed E-state index contributed by atoms with van der Waals surface area (Å²) in [4.78, 5) is 14.3. The number of rotatable bonds is 9. The maximum atomic E-state index is 14.0. The molecule has 0 saturated heterocycles. The summed E-state index contributed by atoms with van der Waals surface area (Å²) >= 11 is 3.31. The number of hydrogen-bond donors (Lipinski definition) is 1. The van der Waals surface area contributed by atoms with Crippen molar-refractivity contribution in [1.82, 2.24) is 9.62 Å². The first-order valence-corrected chi connectivity index (χ1v) is 11.7. The fourth-order valence-corrected chi connectivity index (χ4v) is 4.49. The van der Waals surface area contributed by atoms with Gasteiger partial charge in [-0.25, -0.2) is 17.5 Å². The Morgan fingerprint density at radius 2 is 1.93 bits per heavy atom. The third kappa shape index (κ3) is 6.10. The molecule has 2 aromatic rings. The van der Waals surface area contributed by atoms with Crippen molar-refractivity contribution in [3.05, 3.63) is 82.6 Å². The van der Waals surface area contributed by atoms with Gasteiger partial charge < -0.3 is 4.90 Å². The molecule has 3 rings (SSSR count). The van der Waals surface area contributed by atoms with E-state index in [1.165, 1.54) is 29.2 Å². The number of amides is 1. The Morgan fingerprint density at radius 3 is 2.57 bits per heavy atom. The Hall–Kier alpha value is -2.29. The molecule has 158 valence electrons. The molecule has 0 radical (unpaired) electrons. The summed E-state index contributed by atoms with van der Waals surface area (Å²) in [5.41, 5.74) is 1.08. The molecule has 0 heterocycles. The van der Waals surface area contributed by atoms with Gasteiger partial charge in [-0.1, -0.05) is 34.1 Å². The topological polar surface area (TPSA) is 66.5 Å². The van der Waals surface area contributed by atoms with Gasteiger partial charge in [-0.3, -0.25) is 4.79 Å². The van der Waals surface area contributed by atoms with E-state index in [9.17, 15) is 17.6 Å². The van der Waals surface area contributed by atoms with Crippen molar-refractivity contribution in [1.29, 1.82) is 0 Å². The Labute approximate surface area is 184 Å². The van der Waals surface area contributed by atoms with Gasteiger partial charge in [0.15, 0.2) is 0 Å². The molecule has 1 aliphatic rings. The zero-order valence-corrected chi connectivity index (χ0v) is 18.6. The average molecular weight is 493 g/mol. The first-order valence-electron chi connectivity index (χ1n) is 9.43. The number of benzene rings is 2. The molecule has 1 fully saturated rings. The van der Waals surface area contributed by atoms with Crippen LogP contribution < -0.4 is 4.72 Å². The molecule has 0 aromatic heterocycles. The molecule has 0 spiro atoms. The summed E-state index contributed by atoms with van der Waals surface area (Å²) in [6.07, 6.45) is 6.29. The van der Waals surface area contributed by atoms with Crippen molar-refractivity contribution >= 4 is 37.9 Å². The summed E-state index contributed by atoms with van der Waals surface area (Å²) in [7, 11) is -3.51. The molecular weight excluding hydrogens is 471 g/mol. The van der Waals surface area contributed by atoms with Crippen LogP contribution in [0.15, 0.2) is 70.6 Å². The normalized spacial score (nSPS) is 14.1. The van der Waals surface area contributed by atoms with E-state index in [0.717, 1.165) is 17.3 Å². The lowest BCUT2D eigenvalue weighted by Crippen LogP contribution is -2.29. The number of halogens is 2. The lowest BCUT2D eigenvalue weighted by atomic mass is 10.2. The van der Waals surface area contributed by atoms with Gasteiger partial charge in [0.1, 0.15) is 5.82 Å². The van der Waals surface area contributed by atoms with Gasteiger partial charge in [0.05, 0.1) is 4.90 Å². The Balaban J connectivity index is 1.69. The predicted octanol–water partition coefficient (Wildman–Crippen LogP) is 4.26. The van der Waals surface area contributed by atoms with Crippen LogP contribution in [-0.2, 0) is 21.4 Å². The number of nitrogens with one attached hydrogen (secondary N) is 1. The van der Waals surface area contributed by atoms with Crippen LogP contribution >= 0.6 is 15.9 Å². The number of carbonyl (C=O) groups is 1. The van der Waals surface area contributed by atoms with Gasteiger partial charge in [0.25, 0.3) is 0 Å². The molecule has 0 atom stereocenters.